The summed E-state index contributed by atoms with van der Waals surface area (Å²) >= 11 is 0. The molecule has 0 aliphatic rings. The Hall–Kier alpha value is -4.68. The van der Waals surface area contributed by atoms with E-state index in [1.54, 1.807) is 0 Å². The Morgan fingerprint density at radius 3 is 2.27 bits per heavy atom. The van der Waals surface area contributed by atoms with E-state index < -0.39 is 8.07 Å². The van der Waals surface area contributed by atoms with Gasteiger partial charge in [0, 0.05) is 43.1 Å². The molecule has 8 rings (SSSR count). The number of hydrogen-bond donors (Lipinski definition) is 0. The van der Waals surface area contributed by atoms with Crippen molar-refractivity contribution in [1.82, 2.24) is 19.5 Å². The number of hydrogen-bond acceptors (Lipinski definition) is 4. The minimum absolute atomic E-state index is 0. The summed E-state index contributed by atoms with van der Waals surface area (Å²) in [6.45, 7) is 13.6. The molecule has 0 aliphatic carbocycles. The van der Waals surface area contributed by atoms with E-state index in [9.17, 15) is 0 Å². The predicted molar refractivity (Wildman–Crippen MR) is 201 cm³/mol. The first-order valence-electron chi connectivity index (χ1n) is 16.4. The number of benzene rings is 4. The zero-order valence-corrected chi connectivity index (χ0v) is 32.0. The summed E-state index contributed by atoms with van der Waals surface area (Å²) in [5.41, 5.74) is 9.86. The van der Waals surface area contributed by atoms with Crippen molar-refractivity contribution in [3.05, 3.63) is 139 Å². The van der Waals surface area contributed by atoms with Gasteiger partial charge in [-0.05, 0) is 60.1 Å². The molecule has 4 heterocycles. The number of fused-ring (bicyclic) bond motifs is 4. The van der Waals surface area contributed by atoms with Crippen LogP contribution in [-0.2, 0) is 20.1 Å². The third-order valence-electron chi connectivity index (χ3n) is 8.59. The maximum Gasteiger partial charge on any atom is 0.216 e. The van der Waals surface area contributed by atoms with Gasteiger partial charge in [-0.2, -0.15) is 0 Å². The van der Waals surface area contributed by atoms with Crippen LogP contribution >= 0.6 is 0 Å². The molecule has 1 radical (unpaired) electrons. The van der Waals surface area contributed by atoms with Crippen LogP contribution in [0.5, 0.6) is 0 Å². The third-order valence-corrected chi connectivity index (χ3v) is 10.6. The summed E-state index contributed by atoms with van der Waals surface area (Å²) in [6, 6.07) is 43.4. The predicted octanol–water partition coefficient (Wildman–Crippen LogP) is 10.3. The number of rotatable bonds is 5. The Morgan fingerprint density at radius 2 is 1.53 bits per heavy atom. The number of imidazole rings is 1. The molecule has 7 heteroatoms. The van der Waals surface area contributed by atoms with E-state index >= 15 is 0 Å². The second-order valence-corrected chi connectivity index (χ2v) is 18.5. The Balaban J connectivity index is 0.000000171. The summed E-state index contributed by atoms with van der Waals surface area (Å²) in [6.07, 6.45) is 2.08. The van der Waals surface area contributed by atoms with Gasteiger partial charge in [0.05, 0.1) is 30.5 Å². The van der Waals surface area contributed by atoms with E-state index in [0.717, 1.165) is 61.4 Å². The molecule has 49 heavy (non-hydrogen) atoms. The molecule has 0 saturated carbocycles. The van der Waals surface area contributed by atoms with Gasteiger partial charge in [-0.1, -0.05) is 86.4 Å². The van der Waals surface area contributed by atoms with Crippen molar-refractivity contribution >= 4 is 46.4 Å². The smallest absolute Gasteiger partial charge is 0.216 e. The number of aromatic nitrogens is 4. The van der Waals surface area contributed by atoms with Gasteiger partial charge in [-0.25, -0.2) is 4.98 Å². The van der Waals surface area contributed by atoms with Crippen LogP contribution in [0.4, 0.5) is 0 Å². The van der Waals surface area contributed by atoms with Crippen molar-refractivity contribution in [1.29, 1.82) is 0 Å². The van der Waals surface area contributed by atoms with E-state index in [4.69, 9.17) is 14.4 Å². The van der Waals surface area contributed by atoms with E-state index in [1.807, 2.05) is 85.8 Å². The van der Waals surface area contributed by atoms with Gasteiger partial charge < -0.3 is 14.0 Å². The van der Waals surface area contributed by atoms with Crippen molar-refractivity contribution in [2.75, 3.05) is 0 Å². The van der Waals surface area contributed by atoms with Gasteiger partial charge in [-0.15, -0.1) is 54.1 Å². The Labute approximate surface area is 302 Å². The number of aryl methyl sites for hydroxylation is 1. The molecule has 8 aromatic rings. The molecule has 5 nitrogen and oxygen atoms in total. The fraction of sp³-hybridized carbons (Fsp3) is 0.167. The van der Waals surface area contributed by atoms with Crippen molar-refractivity contribution in [2.45, 2.75) is 46.3 Å². The minimum atomic E-state index is -1.46. The minimum Gasteiger partial charge on any atom is -0.486 e. The van der Waals surface area contributed by atoms with E-state index in [-0.39, 0.29) is 20.1 Å². The Bertz CT molecular complexity index is 2370. The first kappa shape index (κ1) is 34.2. The Kier molecular flexibility index (Phi) is 9.80. The van der Waals surface area contributed by atoms with Crippen LogP contribution in [0.15, 0.2) is 120 Å². The topological polar surface area (TPSA) is 56.7 Å². The second kappa shape index (κ2) is 14.0. The quantitative estimate of drug-likeness (QED) is 0.128. The fourth-order valence-electron chi connectivity index (χ4n) is 6.19. The van der Waals surface area contributed by atoms with Crippen LogP contribution in [0, 0.1) is 19.1 Å². The van der Waals surface area contributed by atoms with Crippen LogP contribution < -0.4 is 5.19 Å². The molecule has 0 bridgehead atoms. The average Bonchev–Trinajstić information content (AvgIpc) is 3.67. The van der Waals surface area contributed by atoms with Gasteiger partial charge >= 0.3 is 0 Å². The van der Waals surface area contributed by atoms with Gasteiger partial charge in [0.2, 0.25) is 5.71 Å². The summed E-state index contributed by atoms with van der Waals surface area (Å²) in [5, 5.41) is 3.53. The summed E-state index contributed by atoms with van der Waals surface area (Å²) in [5.74, 6) is 1.37. The Morgan fingerprint density at radius 1 is 0.776 bits per heavy atom. The van der Waals surface area contributed by atoms with Crippen LogP contribution in [0.2, 0.25) is 19.6 Å². The van der Waals surface area contributed by atoms with E-state index in [2.05, 4.69) is 91.7 Å². The fourth-order valence-corrected chi connectivity index (χ4v) is 7.87. The van der Waals surface area contributed by atoms with Crippen molar-refractivity contribution < 1.29 is 24.5 Å². The number of nitrogens with zero attached hydrogens (tertiary/aromatic N) is 4. The molecule has 0 aliphatic heterocycles. The molecule has 0 fully saturated rings. The average molecular weight is 835 g/mol. The van der Waals surface area contributed by atoms with Gasteiger partial charge in [0.15, 0.2) is 0 Å². The molecule has 0 atom stereocenters. The molecule has 0 spiro atoms. The molecule has 0 amide bonds. The zero-order chi connectivity index (χ0) is 33.4. The first-order valence-corrected chi connectivity index (χ1v) is 19.9. The van der Waals surface area contributed by atoms with Crippen molar-refractivity contribution in [3.8, 4) is 28.3 Å². The molecule has 0 unspecified atom stereocenters. The van der Waals surface area contributed by atoms with Gasteiger partial charge in [0.1, 0.15) is 0 Å². The van der Waals surface area contributed by atoms with E-state index in [1.165, 1.54) is 10.8 Å². The number of pyridine rings is 2. The summed E-state index contributed by atoms with van der Waals surface area (Å²) in [7, 11) is -1.46. The molecule has 0 N–H and O–H groups in total. The normalized spacial score (nSPS) is 11.5. The van der Waals surface area contributed by atoms with Crippen LogP contribution in [0.3, 0.4) is 0 Å². The number of para-hydroxylation sites is 3. The maximum absolute atomic E-state index is 6.14. The molecule has 4 aromatic carbocycles. The van der Waals surface area contributed by atoms with Crippen LogP contribution in [0.25, 0.3) is 61.4 Å². The van der Waals surface area contributed by atoms with Gasteiger partial charge in [-0.3, -0.25) is 4.98 Å². The first-order chi connectivity index (χ1) is 23.2. The van der Waals surface area contributed by atoms with E-state index in [0.29, 0.717) is 11.6 Å². The third kappa shape index (κ3) is 6.79. The molecule has 247 valence electrons. The largest absolute Gasteiger partial charge is 0.486 e. The molecule has 4 aromatic heterocycles. The number of furan rings is 1. The molecule has 0 saturated heterocycles. The standard InChI is InChI=1S/C23H25N2OSi.C19H13N2.Ir/c1-14(2)19-12-20(24-13-21(19)27(4,5)6)18-9-7-8-16-17-11-10-15(3)25-23(17)26-22(16)18;1-3-9-15(10-4-1)19-20-17-13-7-8-14-18(17)21(19)16-11-5-2-6-12-16;/h7-8,10-14H,1-6H3;1-9,11-14H;/q2*-1;. The summed E-state index contributed by atoms with van der Waals surface area (Å²) < 4.78 is 8.32. The maximum atomic E-state index is 6.14. The SMILES string of the molecule is Cc1ccc2c(n1)oc1c(-c3cc(C(C)C)c([Si](C)(C)C)cn3)[c-]ccc12.[Ir].[c-]1ccccc1-c1nc2ccccc2n1-c1ccccc1. The van der Waals surface area contributed by atoms with Crippen molar-refractivity contribution in [3.63, 3.8) is 0 Å². The second-order valence-electron chi connectivity index (χ2n) is 13.4. The monoisotopic (exact) mass is 835 g/mol. The summed E-state index contributed by atoms with van der Waals surface area (Å²) in [4.78, 5) is 14.2. The van der Waals surface area contributed by atoms with Gasteiger partial charge in [0.25, 0.3) is 0 Å². The van der Waals surface area contributed by atoms with Crippen LogP contribution in [0.1, 0.15) is 31.0 Å². The zero-order valence-electron chi connectivity index (χ0n) is 28.6. The van der Waals surface area contributed by atoms with Crippen LogP contribution in [-0.4, -0.2) is 27.6 Å². The molecular formula is C42H38IrN4OSi-2. The molecular weight excluding hydrogens is 797 g/mol. The van der Waals surface area contributed by atoms with Crippen molar-refractivity contribution in [2.24, 2.45) is 0 Å².